The molecule has 0 saturated carbocycles. The Morgan fingerprint density at radius 3 is 2.56 bits per heavy atom. The number of carbonyl (C=O) groups is 1. The van der Waals surface area contributed by atoms with E-state index in [1.54, 1.807) is 32.9 Å². The van der Waals surface area contributed by atoms with Gasteiger partial charge in [0.1, 0.15) is 11.4 Å². The largest absolute Gasteiger partial charge is 0.495 e. The molecule has 0 atom stereocenters. The lowest BCUT2D eigenvalue weighted by atomic mass is 10.2. The van der Waals surface area contributed by atoms with Crippen LogP contribution in [-0.2, 0) is 10.6 Å². The van der Waals surface area contributed by atoms with Crippen LogP contribution in [0.1, 0.15) is 26.3 Å². The number of hydrogen-bond acceptors (Lipinski definition) is 3. The second-order valence-electron chi connectivity index (χ2n) is 4.80. The standard InChI is InChI=1S/C13H18ClNO3/c1-13(2,3)18-12(16)15-10-7-9(8-14)5-6-11(10)17-4/h5-7H,8H2,1-4H3,(H,15,16). The van der Waals surface area contributed by atoms with Crippen LogP contribution in [0.25, 0.3) is 0 Å². The van der Waals surface area contributed by atoms with Crippen LogP contribution in [0.2, 0.25) is 0 Å². The predicted molar refractivity (Wildman–Crippen MR) is 72.4 cm³/mol. The number of anilines is 1. The first-order chi connectivity index (χ1) is 8.35. The number of carbonyl (C=O) groups excluding carboxylic acids is 1. The van der Waals surface area contributed by atoms with E-state index in [1.807, 2.05) is 6.07 Å². The number of nitrogens with one attached hydrogen (secondary N) is 1. The third kappa shape index (κ3) is 4.45. The molecule has 0 heterocycles. The van der Waals surface area contributed by atoms with Gasteiger partial charge >= 0.3 is 6.09 Å². The van der Waals surface area contributed by atoms with E-state index in [2.05, 4.69) is 5.32 Å². The molecule has 0 radical (unpaired) electrons. The van der Waals surface area contributed by atoms with E-state index in [4.69, 9.17) is 21.1 Å². The van der Waals surface area contributed by atoms with Crippen molar-refractivity contribution < 1.29 is 14.3 Å². The molecule has 100 valence electrons. The van der Waals surface area contributed by atoms with Crippen molar-refractivity contribution in [1.29, 1.82) is 0 Å². The number of amides is 1. The maximum absolute atomic E-state index is 11.7. The maximum atomic E-state index is 11.7. The molecule has 18 heavy (non-hydrogen) atoms. The molecule has 0 aliphatic heterocycles. The molecule has 1 N–H and O–H groups in total. The molecule has 0 saturated heterocycles. The predicted octanol–water partition coefficient (Wildman–Crippen LogP) is 3.78. The number of methoxy groups -OCH3 is 1. The number of halogens is 1. The van der Waals surface area contributed by atoms with Crippen LogP contribution >= 0.6 is 11.6 Å². The molecule has 0 spiro atoms. The number of alkyl halides is 1. The van der Waals surface area contributed by atoms with Crippen molar-refractivity contribution in [1.82, 2.24) is 0 Å². The van der Waals surface area contributed by atoms with E-state index in [1.165, 1.54) is 7.11 Å². The Hall–Kier alpha value is -1.42. The monoisotopic (exact) mass is 271 g/mol. The van der Waals surface area contributed by atoms with Gasteiger partial charge < -0.3 is 9.47 Å². The Morgan fingerprint density at radius 1 is 1.39 bits per heavy atom. The molecule has 0 aromatic heterocycles. The summed E-state index contributed by atoms with van der Waals surface area (Å²) in [5.41, 5.74) is 0.898. The van der Waals surface area contributed by atoms with E-state index < -0.39 is 11.7 Å². The molecular weight excluding hydrogens is 254 g/mol. The van der Waals surface area contributed by atoms with Crippen LogP contribution < -0.4 is 10.1 Å². The molecule has 4 nitrogen and oxygen atoms in total. The highest BCUT2D eigenvalue weighted by Crippen LogP contribution is 2.26. The van der Waals surface area contributed by atoms with Gasteiger partial charge in [-0.15, -0.1) is 11.6 Å². The molecule has 1 rings (SSSR count). The first-order valence-electron chi connectivity index (χ1n) is 5.58. The maximum Gasteiger partial charge on any atom is 0.412 e. The van der Waals surface area contributed by atoms with Crippen molar-refractivity contribution in [3.05, 3.63) is 23.8 Å². The molecule has 0 aliphatic rings. The second-order valence-corrected chi connectivity index (χ2v) is 5.06. The van der Waals surface area contributed by atoms with Crippen LogP contribution in [0.5, 0.6) is 5.75 Å². The van der Waals surface area contributed by atoms with Gasteiger partial charge in [0.15, 0.2) is 0 Å². The quantitative estimate of drug-likeness (QED) is 0.851. The number of hydrogen-bond donors (Lipinski definition) is 1. The van der Waals surface area contributed by atoms with E-state index in [-0.39, 0.29) is 0 Å². The van der Waals surface area contributed by atoms with Crippen LogP contribution in [0.15, 0.2) is 18.2 Å². The summed E-state index contributed by atoms with van der Waals surface area (Å²) in [4.78, 5) is 11.7. The summed E-state index contributed by atoms with van der Waals surface area (Å²) in [6.45, 7) is 5.41. The smallest absolute Gasteiger partial charge is 0.412 e. The van der Waals surface area contributed by atoms with Crippen LogP contribution in [0, 0.1) is 0 Å². The summed E-state index contributed by atoms with van der Waals surface area (Å²) in [6, 6.07) is 5.35. The van der Waals surface area contributed by atoms with Gasteiger partial charge in [0, 0.05) is 5.88 Å². The van der Waals surface area contributed by atoms with E-state index in [0.717, 1.165) is 5.56 Å². The van der Waals surface area contributed by atoms with Gasteiger partial charge in [0.05, 0.1) is 12.8 Å². The van der Waals surface area contributed by atoms with Gasteiger partial charge in [-0.3, -0.25) is 5.32 Å². The lowest BCUT2D eigenvalue weighted by Crippen LogP contribution is -2.27. The number of benzene rings is 1. The molecular formula is C13H18ClNO3. The Labute approximate surface area is 112 Å². The van der Waals surface area contributed by atoms with Crippen LogP contribution in [0.3, 0.4) is 0 Å². The highest BCUT2D eigenvalue weighted by Gasteiger charge is 2.17. The lowest BCUT2D eigenvalue weighted by molar-refractivity contribution is 0.0635. The van der Waals surface area contributed by atoms with Crippen molar-refractivity contribution in [2.75, 3.05) is 12.4 Å². The van der Waals surface area contributed by atoms with Gasteiger partial charge in [0.2, 0.25) is 0 Å². The van der Waals surface area contributed by atoms with Gasteiger partial charge in [-0.25, -0.2) is 4.79 Å². The minimum Gasteiger partial charge on any atom is -0.495 e. The van der Waals surface area contributed by atoms with Gasteiger partial charge in [-0.05, 0) is 38.5 Å². The van der Waals surface area contributed by atoms with E-state index in [0.29, 0.717) is 17.3 Å². The van der Waals surface area contributed by atoms with Crippen LogP contribution in [-0.4, -0.2) is 18.8 Å². The molecule has 0 fully saturated rings. The number of rotatable bonds is 3. The second kappa shape index (κ2) is 5.96. The molecule has 1 aromatic rings. The topological polar surface area (TPSA) is 47.6 Å². The zero-order chi connectivity index (χ0) is 13.8. The molecule has 0 aliphatic carbocycles. The molecule has 0 unspecified atom stereocenters. The highest BCUT2D eigenvalue weighted by molar-refractivity contribution is 6.17. The summed E-state index contributed by atoms with van der Waals surface area (Å²) >= 11 is 5.75. The summed E-state index contributed by atoms with van der Waals surface area (Å²) in [7, 11) is 1.54. The van der Waals surface area contributed by atoms with E-state index in [9.17, 15) is 4.79 Å². The van der Waals surface area contributed by atoms with Gasteiger partial charge in [0.25, 0.3) is 0 Å². The minimum absolute atomic E-state index is 0.368. The molecule has 5 heteroatoms. The Bertz CT molecular complexity index is 427. The Balaban J connectivity index is 2.85. The summed E-state index contributed by atoms with van der Waals surface area (Å²) < 4.78 is 10.3. The van der Waals surface area contributed by atoms with E-state index >= 15 is 0 Å². The fraction of sp³-hybridized carbons (Fsp3) is 0.462. The van der Waals surface area contributed by atoms with Gasteiger partial charge in [-0.1, -0.05) is 6.07 Å². The third-order valence-corrected chi connectivity index (χ3v) is 2.36. The lowest BCUT2D eigenvalue weighted by Gasteiger charge is -2.20. The van der Waals surface area contributed by atoms with Crippen molar-refractivity contribution >= 4 is 23.4 Å². The molecule has 1 aromatic carbocycles. The van der Waals surface area contributed by atoms with Crippen molar-refractivity contribution in [3.63, 3.8) is 0 Å². The first kappa shape index (κ1) is 14.6. The molecule has 1 amide bonds. The summed E-state index contributed by atoms with van der Waals surface area (Å²) in [5.74, 6) is 0.933. The summed E-state index contributed by atoms with van der Waals surface area (Å²) in [5, 5.41) is 2.65. The van der Waals surface area contributed by atoms with Crippen LogP contribution in [0.4, 0.5) is 10.5 Å². The summed E-state index contributed by atoms with van der Waals surface area (Å²) in [6.07, 6.45) is -0.521. The fourth-order valence-corrected chi connectivity index (χ4v) is 1.52. The van der Waals surface area contributed by atoms with Gasteiger partial charge in [-0.2, -0.15) is 0 Å². The SMILES string of the molecule is COc1ccc(CCl)cc1NC(=O)OC(C)(C)C. The number of ether oxygens (including phenoxy) is 2. The molecule has 0 bridgehead atoms. The Morgan fingerprint density at radius 2 is 2.06 bits per heavy atom. The van der Waals surface area contributed by atoms with Crippen molar-refractivity contribution in [2.24, 2.45) is 0 Å². The Kier molecular flexibility index (Phi) is 4.84. The van der Waals surface area contributed by atoms with Crippen molar-refractivity contribution in [3.8, 4) is 5.75 Å². The normalized spacial score (nSPS) is 10.9. The first-order valence-corrected chi connectivity index (χ1v) is 6.12. The highest BCUT2D eigenvalue weighted by atomic mass is 35.5. The fourth-order valence-electron chi connectivity index (χ4n) is 1.35. The van der Waals surface area contributed by atoms with Crippen molar-refractivity contribution in [2.45, 2.75) is 32.3 Å². The average molecular weight is 272 g/mol. The minimum atomic E-state index is -0.540. The zero-order valence-corrected chi connectivity index (χ0v) is 11.8. The average Bonchev–Trinajstić information content (AvgIpc) is 2.26. The zero-order valence-electron chi connectivity index (χ0n) is 11.0. The third-order valence-electron chi connectivity index (χ3n) is 2.05.